The second kappa shape index (κ2) is 5.25. The van der Waals surface area contributed by atoms with Crippen molar-refractivity contribution in [2.75, 3.05) is 6.54 Å². The first-order valence-corrected chi connectivity index (χ1v) is 5.88. The van der Waals surface area contributed by atoms with Gasteiger partial charge in [0.1, 0.15) is 0 Å². The van der Waals surface area contributed by atoms with Crippen LogP contribution in [-0.4, -0.2) is 12.5 Å². The molecular formula is C13H15F2NO. The zero-order chi connectivity index (χ0) is 12.3. The highest BCUT2D eigenvalue weighted by atomic mass is 19.2. The molecule has 1 aromatic carbocycles. The monoisotopic (exact) mass is 239 g/mol. The second-order valence-corrected chi connectivity index (χ2v) is 4.44. The van der Waals surface area contributed by atoms with Crippen LogP contribution in [0.15, 0.2) is 18.2 Å². The van der Waals surface area contributed by atoms with Gasteiger partial charge in [-0.1, -0.05) is 12.5 Å². The largest absolute Gasteiger partial charge is 0.356 e. The molecular weight excluding hydrogens is 224 g/mol. The van der Waals surface area contributed by atoms with Gasteiger partial charge in [-0.3, -0.25) is 4.79 Å². The first kappa shape index (κ1) is 12.0. The SMILES string of the molecule is O=C1NCCCCC1Cc1ccc(F)c(F)c1. The van der Waals surface area contributed by atoms with Gasteiger partial charge in [0.25, 0.3) is 0 Å². The molecule has 1 aliphatic rings. The van der Waals surface area contributed by atoms with Crippen molar-refractivity contribution in [3.05, 3.63) is 35.4 Å². The van der Waals surface area contributed by atoms with Crippen LogP contribution in [-0.2, 0) is 11.2 Å². The minimum Gasteiger partial charge on any atom is -0.356 e. The van der Waals surface area contributed by atoms with E-state index in [0.29, 0.717) is 18.5 Å². The van der Waals surface area contributed by atoms with Crippen LogP contribution in [0.5, 0.6) is 0 Å². The van der Waals surface area contributed by atoms with E-state index in [4.69, 9.17) is 0 Å². The zero-order valence-electron chi connectivity index (χ0n) is 9.51. The van der Waals surface area contributed by atoms with Gasteiger partial charge in [-0.2, -0.15) is 0 Å². The van der Waals surface area contributed by atoms with Crippen LogP contribution in [0.3, 0.4) is 0 Å². The summed E-state index contributed by atoms with van der Waals surface area (Å²) in [5.74, 6) is -1.80. The Bertz CT molecular complexity index is 420. The molecule has 92 valence electrons. The predicted octanol–water partition coefficient (Wildman–Crippen LogP) is 2.42. The lowest BCUT2D eigenvalue weighted by atomic mass is 9.94. The molecule has 1 heterocycles. The van der Waals surface area contributed by atoms with Crippen LogP contribution in [0.1, 0.15) is 24.8 Å². The molecule has 4 heteroatoms. The van der Waals surface area contributed by atoms with E-state index in [1.807, 2.05) is 0 Å². The smallest absolute Gasteiger partial charge is 0.223 e. The fraction of sp³-hybridized carbons (Fsp3) is 0.462. The summed E-state index contributed by atoms with van der Waals surface area (Å²) >= 11 is 0. The molecule has 2 rings (SSSR count). The fourth-order valence-corrected chi connectivity index (χ4v) is 2.15. The van der Waals surface area contributed by atoms with Crippen molar-refractivity contribution in [1.82, 2.24) is 5.32 Å². The van der Waals surface area contributed by atoms with Crippen molar-refractivity contribution in [1.29, 1.82) is 0 Å². The minimum absolute atomic E-state index is 0.0206. The third kappa shape index (κ3) is 3.02. The van der Waals surface area contributed by atoms with Crippen molar-refractivity contribution < 1.29 is 13.6 Å². The third-order valence-electron chi connectivity index (χ3n) is 3.12. The standard InChI is InChI=1S/C13H15F2NO/c14-11-5-4-9(8-12(11)15)7-10-3-1-2-6-16-13(10)17/h4-5,8,10H,1-3,6-7H2,(H,16,17). The predicted molar refractivity (Wildman–Crippen MR) is 60.4 cm³/mol. The summed E-state index contributed by atoms with van der Waals surface area (Å²) in [5.41, 5.74) is 0.672. The van der Waals surface area contributed by atoms with E-state index in [0.717, 1.165) is 25.3 Å². The van der Waals surface area contributed by atoms with E-state index >= 15 is 0 Å². The summed E-state index contributed by atoms with van der Waals surface area (Å²) < 4.78 is 25.8. The van der Waals surface area contributed by atoms with E-state index < -0.39 is 11.6 Å². The quantitative estimate of drug-likeness (QED) is 0.843. The summed E-state index contributed by atoms with van der Waals surface area (Å²) in [7, 11) is 0. The van der Waals surface area contributed by atoms with Crippen LogP contribution in [0.4, 0.5) is 8.78 Å². The molecule has 0 saturated carbocycles. The average Bonchev–Trinajstić information content (AvgIpc) is 2.50. The molecule has 1 atom stereocenters. The highest BCUT2D eigenvalue weighted by Crippen LogP contribution is 2.19. The molecule has 1 aliphatic heterocycles. The fourth-order valence-electron chi connectivity index (χ4n) is 2.15. The van der Waals surface area contributed by atoms with Crippen LogP contribution in [0, 0.1) is 17.6 Å². The van der Waals surface area contributed by atoms with E-state index in [-0.39, 0.29) is 11.8 Å². The summed E-state index contributed by atoms with van der Waals surface area (Å²) in [4.78, 5) is 11.7. The number of carbonyl (C=O) groups is 1. The maximum absolute atomic E-state index is 13.0. The number of nitrogens with one attached hydrogen (secondary N) is 1. The number of carbonyl (C=O) groups excluding carboxylic acids is 1. The second-order valence-electron chi connectivity index (χ2n) is 4.44. The van der Waals surface area contributed by atoms with Gasteiger partial charge in [0.15, 0.2) is 11.6 Å². The molecule has 0 spiro atoms. The summed E-state index contributed by atoms with van der Waals surface area (Å²) in [5, 5.41) is 2.83. The Balaban J connectivity index is 2.08. The number of amides is 1. The zero-order valence-corrected chi connectivity index (χ0v) is 9.51. The Morgan fingerprint density at radius 2 is 2.06 bits per heavy atom. The van der Waals surface area contributed by atoms with E-state index in [1.54, 1.807) is 0 Å². The van der Waals surface area contributed by atoms with E-state index in [2.05, 4.69) is 5.32 Å². The first-order valence-electron chi connectivity index (χ1n) is 5.88. The van der Waals surface area contributed by atoms with Gasteiger partial charge in [-0.15, -0.1) is 0 Å². The molecule has 17 heavy (non-hydrogen) atoms. The minimum atomic E-state index is -0.850. The molecule has 2 nitrogen and oxygen atoms in total. The number of rotatable bonds is 2. The molecule has 1 N–H and O–H groups in total. The van der Waals surface area contributed by atoms with Crippen molar-refractivity contribution in [3.63, 3.8) is 0 Å². The molecule has 0 bridgehead atoms. The molecule has 0 radical (unpaired) electrons. The number of hydrogen-bond donors (Lipinski definition) is 1. The van der Waals surface area contributed by atoms with E-state index in [9.17, 15) is 13.6 Å². The maximum atomic E-state index is 13.0. The lowest BCUT2D eigenvalue weighted by molar-refractivity contribution is -0.124. The highest BCUT2D eigenvalue weighted by molar-refractivity contribution is 5.79. The lowest BCUT2D eigenvalue weighted by Crippen LogP contribution is -2.30. The number of halogens is 2. The number of benzene rings is 1. The topological polar surface area (TPSA) is 29.1 Å². The summed E-state index contributed by atoms with van der Waals surface area (Å²) in [6.45, 7) is 0.715. The van der Waals surface area contributed by atoms with Crippen molar-refractivity contribution in [2.45, 2.75) is 25.7 Å². The molecule has 1 amide bonds. The van der Waals surface area contributed by atoms with Crippen LogP contribution >= 0.6 is 0 Å². The average molecular weight is 239 g/mol. The van der Waals surface area contributed by atoms with Gasteiger partial charge in [0.2, 0.25) is 5.91 Å². The van der Waals surface area contributed by atoms with Gasteiger partial charge >= 0.3 is 0 Å². The Labute approximate surface area is 99.0 Å². The van der Waals surface area contributed by atoms with Gasteiger partial charge in [-0.05, 0) is 37.0 Å². The third-order valence-corrected chi connectivity index (χ3v) is 3.12. The van der Waals surface area contributed by atoms with Crippen LogP contribution in [0.2, 0.25) is 0 Å². The van der Waals surface area contributed by atoms with Gasteiger partial charge in [0.05, 0.1) is 0 Å². The van der Waals surface area contributed by atoms with Crippen LogP contribution in [0.25, 0.3) is 0 Å². The van der Waals surface area contributed by atoms with Crippen LogP contribution < -0.4 is 5.32 Å². The summed E-state index contributed by atoms with van der Waals surface area (Å²) in [6.07, 6.45) is 3.26. The first-order chi connectivity index (χ1) is 8.16. The molecule has 1 aromatic rings. The van der Waals surface area contributed by atoms with Crippen molar-refractivity contribution in [3.8, 4) is 0 Å². The summed E-state index contributed by atoms with van der Waals surface area (Å²) in [6, 6.07) is 3.82. The van der Waals surface area contributed by atoms with Gasteiger partial charge in [-0.25, -0.2) is 8.78 Å². The molecule has 0 aromatic heterocycles. The normalized spacial score (nSPS) is 20.8. The molecule has 0 aliphatic carbocycles. The van der Waals surface area contributed by atoms with Gasteiger partial charge < -0.3 is 5.32 Å². The molecule has 1 saturated heterocycles. The lowest BCUT2D eigenvalue weighted by Gasteiger charge is -2.13. The highest BCUT2D eigenvalue weighted by Gasteiger charge is 2.21. The Morgan fingerprint density at radius 3 is 2.82 bits per heavy atom. The van der Waals surface area contributed by atoms with Gasteiger partial charge in [0, 0.05) is 12.5 Å². The Morgan fingerprint density at radius 1 is 1.24 bits per heavy atom. The molecule has 1 fully saturated rings. The van der Waals surface area contributed by atoms with Crippen molar-refractivity contribution in [2.24, 2.45) is 5.92 Å². The Hall–Kier alpha value is -1.45. The van der Waals surface area contributed by atoms with Crippen molar-refractivity contribution >= 4 is 5.91 Å². The molecule has 1 unspecified atom stereocenters. The number of hydrogen-bond acceptors (Lipinski definition) is 1. The van der Waals surface area contributed by atoms with E-state index in [1.165, 1.54) is 12.1 Å². The maximum Gasteiger partial charge on any atom is 0.223 e. The Kier molecular flexibility index (Phi) is 3.71.